The van der Waals surface area contributed by atoms with E-state index in [0.29, 0.717) is 5.13 Å². The first-order chi connectivity index (χ1) is 15.3. The van der Waals surface area contributed by atoms with Gasteiger partial charge in [-0.3, -0.25) is 9.78 Å². The number of amides is 1. The summed E-state index contributed by atoms with van der Waals surface area (Å²) in [4.78, 5) is 23.2. The van der Waals surface area contributed by atoms with Gasteiger partial charge in [-0.1, -0.05) is 90.2 Å². The van der Waals surface area contributed by atoms with Gasteiger partial charge >= 0.3 is 0 Å². The second-order valence-corrected chi connectivity index (χ2v) is 8.22. The molecule has 0 fully saturated rings. The Labute approximate surface area is 184 Å². The van der Waals surface area contributed by atoms with Crippen LogP contribution in [0.3, 0.4) is 0 Å². The number of hydrogen-bond acceptors (Lipinski definition) is 4. The van der Waals surface area contributed by atoms with Crippen molar-refractivity contribution in [1.82, 2.24) is 9.97 Å². The van der Waals surface area contributed by atoms with E-state index in [4.69, 9.17) is 0 Å². The van der Waals surface area contributed by atoms with Crippen molar-refractivity contribution in [2.75, 3.05) is 5.32 Å². The summed E-state index contributed by atoms with van der Waals surface area (Å²) in [7, 11) is 0. The molecule has 0 bridgehead atoms. The second kappa shape index (κ2) is 8.50. The van der Waals surface area contributed by atoms with Crippen LogP contribution >= 0.6 is 11.3 Å². The Morgan fingerprint density at radius 2 is 1.42 bits per heavy atom. The zero-order valence-electron chi connectivity index (χ0n) is 16.6. The molecule has 2 heterocycles. The van der Waals surface area contributed by atoms with E-state index in [1.807, 2.05) is 91.1 Å². The maximum absolute atomic E-state index is 13.3. The molecular weight excluding hydrogens is 402 g/mol. The zero-order chi connectivity index (χ0) is 21.0. The normalized spacial score (nSPS) is 11.0. The minimum Gasteiger partial charge on any atom is -0.301 e. The Hall–Kier alpha value is -3.83. The van der Waals surface area contributed by atoms with Gasteiger partial charge in [0.25, 0.3) is 0 Å². The van der Waals surface area contributed by atoms with Crippen LogP contribution in [-0.2, 0) is 4.79 Å². The van der Waals surface area contributed by atoms with Gasteiger partial charge in [0, 0.05) is 23.3 Å². The van der Waals surface area contributed by atoms with Crippen LogP contribution in [0.1, 0.15) is 17.0 Å². The molecule has 0 spiro atoms. The summed E-state index contributed by atoms with van der Waals surface area (Å²) in [5, 5.41) is 4.66. The molecule has 4 nitrogen and oxygen atoms in total. The number of pyridine rings is 1. The minimum atomic E-state index is -0.405. The minimum absolute atomic E-state index is 0.102. The number of nitrogens with zero attached hydrogens (tertiary/aromatic N) is 2. The Kier molecular flexibility index (Phi) is 5.25. The number of rotatable bonds is 5. The maximum atomic E-state index is 13.3. The average molecular weight is 422 g/mol. The number of para-hydroxylation sites is 1. The van der Waals surface area contributed by atoms with Gasteiger partial charge in [0.2, 0.25) is 5.91 Å². The van der Waals surface area contributed by atoms with E-state index in [1.54, 1.807) is 6.20 Å². The largest absolute Gasteiger partial charge is 0.301 e. The fourth-order valence-electron chi connectivity index (χ4n) is 3.63. The van der Waals surface area contributed by atoms with Crippen molar-refractivity contribution in [2.24, 2.45) is 0 Å². The van der Waals surface area contributed by atoms with E-state index in [1.165, 1.54) is 11.3 Å². The van der Waals surface area contributed by atoms with Crippen LogP contribution in [0.2, 0.25) is 0 Å². The number of hydrogen-bond donors (Lipinski definition) is 1. The molecule has 2 aromatic heterocycles. The van der Waals surface area contributed by atoms with Crippen molar-refractivity contribution >= 4 is 33.3 Å². The van der Waals surface area contributed by atoms with Crippen molar-refractivity contribution in [3.8, 4) is 10.4 Å². The van der Waals surface area contributed by atoms with Crippen molar-refractivity contribution in [3.05, 3.63) is 115 Å². The van der Waals surface area contributed by atoms with E-state index in [-0.39, 0.29) is 5.91 Å². The molecule has 5 aromatic rings. The number of nitrogens with one attached hydrogen (secondary N) is 1. The molecule has 31 heavy (non-hydrogen) atoms. The summed E-state index contributed by atoms with van der Waals surface area (Å²) in [6, 6.07) is 29.7. The summed E-state index contributed by atoms with van der Waals surface area (Å²) < 4.78 is 0. The quantitative estimate of drug-likeness (QED) is 0.371. The van der Waals surface area contributed by atoms with E-state index in [9.17, 15) is 4.79 Å². The maximum Gasteiger partial charge on any atom is 0.238 e. The number of anilines is 1. The van der Waals surface area contributed by atoms with Gasteiger partial charge in [-0.2, -0.15) is 0 Å². The molecule has 1 N–H and O–H groups in total. The van der Waals surface area contributed by atoms with Gasteiger partial charge in [0.1, 0.15) is 0 Å². The van der Waals surface area contributed by atoms with Crippen LogP contribution in [0.25, 0.3) is 21.3 Å². The van der Waals surface area contributed by atoms with Crippen LogP contribution in [-0.4, -0.2) is 15.9 Å². The molecule has 1 amide bonds. The van der Waals surface area contributed by atoms with E-state index in [2.05, 4.69) is 21.4 Å². The molecule has 0 radical (unpaired) electrons. The first-order valence-corrected chi connectivity index (χ1v) is 10.8. The van der Waals surface area contributed by atoms with Crippen LogP contribution < -0.4 is 5.32 Å². The zero-order valence-corrected chi connectivity index (χ0v) is 17.4. The monoisotopic (exact) mass is 421 g/mol. The number of aromatic nitrogens is 2. The molecular formula is C26H19N3OS. The van der Waals surface area contributed by atoms with Crippen molar-refractivity contribution in [1.29, 1.82) is 0 Å². The molecule has 0 saturated heterocycles. The summed E-state index contributed by atoms with van der Waals surface area (Å²) >= 11 is 1.45. The van der Waals surface area contributed by atoms with Crippen LogP contribution in [0.15, 0.2) is 103 Å². The van der Waals surface area contributed by atoms with Crippen molar-refractivity contribution in [2.45, 2.75) is 5.92 Å². The molecule has 3 aromatic carbocycles. The molecule has 0 aliphatic heterocycles. The SMILES string of the molecule is O=C(Nc1ncc(-c2cnc3ccccc3c2)s1)C(c1ccccc1)c1ccccc1. The lowest BCUT2D eigenvalue weighted by Gasteiger charge is -2.17. The molecule has 150 valence electrons. The summed E-state index contributed by atoms with van der Waals surface area (Å²) in [5.74, 6) is -0.507. The molecule has 0 aliphatic rings. The number of carbonyl (C=O) groups excluding carboxylic acids is 1. The highest BCUT2D eigenvalue weighted by Gasteiger charge is 2.23. The second-order valence-electron chi connectivity index (χ2n) is 7.19. The molecule has 0 aliphatic carbocycles. The highest BCUT2D eigenvalue weighted by Crippen LogP contribution is 2.32. The molecule has 0 unspecified atom stereocenters. The number of thiazole rings is 1. The topological polar surface area (TPSA) is 54.9 Å². The third-order valence-electron chi connectivity index (χ3n) is 5.14. The fourth-order valence-corrected chi connectivity index (χ4v) is 4.44. The number of fused-ring (bicyclic) bond motifs is 1. The lowest BCUT2D eigenvalue weighted by atomic mass is 9.90. The van der Waals surface area contributed by atoms with E-state index in [0.717, 1.165) is 32.5 Å². The lowest BCUT2D eigenvalue weighted by Crippen LogP contribution is -2.22. The van der Waals surface area contributed by atoms with Crippen molar-refractivity contribution in [3.63, 3.8) is 0 Å². The van der Waals surface area contributed by atoms with Crippen LogP contribution in [0.5, 0.6) is 0 Å². The Morgan fingerprint density at radius 1 is 0.774 bits per heavy atom. The third-order valence-corrected chi connectivity index (χ3v) is 6.10. The predicted octanol–water partition coefficient (Wildman–Crippen LogP) is 6.13. The van der Waals surface area contributed by atoms with Gasteiger partial charge in [-0.05, 0) is 23.3 Å². The first kappa shape index (κ1) is 19.2. The van der Waals surface area contributed by atoms with Crippen LogP contribution in [0, 0.1) is 0 Å². The first-order valence-electron chi connectivity index (χ1n) is 10.00. The Morgan fingerprint density at radius 3 is 2.13 bits per heavy atom. The van der Waals surface area contributed by atoms with E-state index < -0.39 is 5.92 Å². The van der Waals surface area contributed by atoms with Gasteiger partial charge in [-0.15, -0.1) is 0 Å². The predicted molar refractivity (Wildman–Crippen MR) is 126 cm³/mol. The average Bonchev–Trinajstić information content (AvgIpc) is 3.29. The Balaban J connectivity index is 1.42. The highest BCUT2D eigenvalue weighted by atomic mass is 32.1. The highest BCUT2D eigenvalue weighted by molar-refractivity contribution is 7.19. The van der Waals surface area contributed by atoms with Gasteiger partial charge in [0.05, 0.1) is 16.3 Å². The number of benzene rings is 3. The number of carbonyl (C=O) groups is 1. The summed E-state index contributed by atoms with van der Waals surface area (Å²) in [6.45, 7) is 0. The van der Waals surface area contributed by atoms with Crippen molar-refractivity contribution < 1.29 is 4.79 Å². The molecule has 5 rings (SSSR count). The molecule has 5 heteroatoms. The van der Waals surface area contributed by atoms with Gasteiger partial charge < -0.3 is 5.32 Å². The standard InChI is InChI=1S/C26H19N3OS/c30-25(24(18-9-3-1-4-10-18)19-11-5-2-6-12-19)29-26-28-17-23(31-26)21-15-20-13-7-8-14-22(20)27-16-21/h1-17,24H,(H,28,29,30). The lowest BCUT2D eigenvalue weighted by molar-refractivity contribution is -0.116. The summed E-state index contributed by atoms with van der Waals surface area (Å²) in [5.41, 5.74) is 3.83. The molecule has 0 saturated carbocycles. The van der Waals surface area contributed by atoms with Gasteiger partial charge in [-0.25, -0.2) is 4.98 Å². The molecule has 0 atom stereocenters. The smallest absolute Gasteiger partial charge is 0.238 e. The van der Waals surface area contributed by atoms with Crippen LogP contribution in [0.4, 0.5) is 5.13 Å². The Bertz CT molecular complexity index is 1290. The van der Waals surface area contributed by atoms with Gasteiger partial charge in [0.15, 0.2) is 5.13 Å². The third kappa shape index (κ3) is 4.09. The summed E-state index contributed by atoms with van der Waals surface area (Å²) in [6.07, 6.45) is 3.63. The van der Waals surface area contributed by atoms with E-state index >= 15 is 0 Å². The fraction of sp³-hybridized carbons (Fsp3) is 0.0385.